The minimum absolute atomic E-state index is 0.0527. The number of rotatable bonds is 5. The minimum atomic E-state index is -0.522. The van der Waals surface area contributed by atoms with E-state index in [1.54, 1.807) is 7.11 Å². The molecule has 1 atom stereocenters. The average molecular weight is 342 g/mol. The standard InChI is InChI=1S/C19H26N4O2/c1-21-14-16(13-20-21)15-22-9-6-10-23(12-11-22)19(24)18(25-2)17-7-4-3-5-8-17/h3-5,7-8,13-14,18H,6,9-12,15H2,1-2H3. The first-order chi connectivity index (χ1) is 12.2. The molecule has 134 valence electrons. The highest BCUT2D eigenvalue weighted by Crippen LogP contribution is 2.20. The maximum absolute atomic E-state index is 12.9. The van der Waals surface area contributed by atoms with Gasteiger partial charge in [-0.05, 0) is 12.0 Å². The first kappa shape index (κ1) is 17.6. The molecule has 1 fully saturated rings. The summed E-state index contributed by atoms with van der Waals surface area (Å²) in [5, 5.41) is 4.23. The summed E-state index contributed by atoms with van der Waals surface area (Å²) in [6.07, 6.45) is 4.40. The third-order valence-corrected chi connectivity index (χ3v) is 4.63. The number of aryl methyl sites for hydroxylation is 1. The number of hydrogen-bond acceptors (Lipinski definition) is 4. The van der Waals surface area contributed by atoms with E-state index >= 15 is 0 Å². The van der Waals surface area contributed by atoms with Gasteiger partial charge in [-0.25, -0.2) is 0 Å². The molecule has 0 bridgehead atoms. The molecule has 1 amide bonds. The summed E-state index contributed by atoms with van der Waals surface area (Å²) in [4.78, 5) is 17.2. The van der Waals surface area contributed by atoms with E-state index in [4.69, 9.17) is 4.74 Å². The van der Waals surface area contributed by atoms with Crippen LogP contribution in [0, 0.1) is 0 Å². The van der Waals surface area contributed by atoms with E-state index in [1.807, 2.05) is 59.4 Å². The van der Waals surface area contributed by atoms with Gasteiger partial charge >= 0.3 is 0 Å². The Morgan fingerprint density at radius 3 is 2.68 bits per heavy atom. The first-order valence-corrected chi connectivity index (χ1v) is 8.74. The molecule has 1 aromatic carbocycles. The molecule has 0 N–H and O–H groups in total. The number of benzene rings is 1. The molecule has 1 aliphatic heterocycles. The fraction of sp³-hybridized carbons (Fsp3) is 0.474. The van der Waals surface area contributed by atoms with Crippen LogP contribution in [0.1, 0.15) is 23.7 Å². The van der Waals surface area contributed by atoms with Gasteiger partial charge < -0.3 is 9.64 Å². The van der Waals surface area contributed by atoms with Crippen LogP contribution in [0.15, 0.2) is 42.7 Å². The first-order valence-electron chi connectivity index (χ1n) is 8.74. The number of aromatic nitrogens is 2. The normalized spacial score (nSPS) is 17.3. The Kier molecular flexibility index (Phi) is 5.83. The van der Waals surface area contributed by atoms with Gasteiger partial charge in [0.05, 0.1) is 6.20 Å². The van der Waals surface area contributed by atoms with Crippen molar-refractivity contribution in [2.24, 2.45) is 7.05 Å². The molecule has 0 radical (unpaired) electrons. The van der Waals surface area contributed by atoms with Crippen molar-refractivity contribution in [3.05, 3.63) is 53.9 Å². The van der Waals surface area contributed by atoms with Crippen LogP contribution >= 0.6 is 0 Å². The van der Waals surface area contributed by atoms with Crippen LogP contribution in [-0.2, 0) is 23.1 Å². The van der Waals surface area contributed by atoms with E-state index in [0.29, 0.717) is 0 Å². The highest BCUT2D eigenvalue weighted by molar-refractivity contribution is 5.82. The number of amides is 1. The summed E-state index contributed by atoms with van der Waals surface area (Å²) in [6.45, 7) is 4.23. The Bertz CT molecular complexity index is 686. The average Bonchev–Trinajstić information content (AvgIpc) is 2.89. The molecule has 1 saturated heterocycles. The van der Waals surface area contributed by atoms with Crippen LogP contribution in [0.4, 0.5) is 0 Å². The summed E-state index contributed by atoms with van der Waals surface area (Å²) in [5.41, 5.74) is 2.12. The Morgan fingerprint density at radius 1 is 1.20 bits per heavy atom. The van der Waals surface area contributed by atoms with Crippen molar-refractivity contribution >= 4 is 5.91 Å². The van der Waals surface area contributed by atoms with Gasteiger partial charge in [0, 0.05) is 58.6 Å². The lowest BCUT2D eigenvalue weighted by Crippen LogP contribution is -2.38. The van der Waals surface area contributed by atoms with Crippen LogP contribution in [-0.4, -0.2) is 58.8 Å². The fourth-order valence-corrected chi connectivity index (χ4v) is 3.33. The molecular weight excluding hydrogens is 316 g/mol. The van der Waals surface area contributed by atoms with Gasteiger partial charge in [0.25, 0.3) is 5.91 Å². The number of carbonyl (C=O) groups is 1. The van der Waals surface area contributed by atoms with Crippen molar-refractivity contribution in [3.63, 3.8) is 0 Å². The van der Waals surface area contributed by atoms with Gasteiger partial charge in [-0.1, -0.05) is 30.3 Å². The third-order valence-electron chi connectivity index (χ3n) is 4.63. The van der Waals surface area contributed by atoms with Crippen LogP contribution < -0.4 is 0 Å². The van der Waals surface area contributed by atoms with E-state index in [-0.39, 0.29) is 5.91 Å². The van der Waals surface area contributed by atoms with E-state index in [9.17, 15) is 4.79 Å². The molecule has 2 aromatic rings. The predicted octanol–water partition coefficient (Wildman–Crippen LogP) is 1.84. The van der Waals surface area contributed by atoms with Crippen LogP contribution in [0.5, 0.6) is 0 Å². The largest absolute Gasteiger partial charge is 0.367 e. The molecule has 6 nitrogen and oxygen atoms in total. The van der Waals surface area contributed by atoms with Gasteiger partial charge in [0.2, 0.25) is 0 Å². The lowest BCUT2D eigenvalue weighted by Gasteiger charge is -2.26. The molecule has 3 rings (SSSR count). The number of carbonyl (C=O) groups excluding carboxylic acids is 1. The van der Waals surface area contributed by atoms with Gasteiger partial charge in [-0.2, -0.15) is 5.10 Å². The molecule has 0 aliphatic carbocycles. The fourth-order valence-electron chi connectivity index (χ4n) is 3.33. The Balaban J connectivity index is 1.61. The lowest BCUT2D eigenvalue weighted by molar-refractivity contribution is -0.142. The smallest absolute Gasteiger partial charge is 0.256 e. The molecule has 25 heavy (non-hydrogen) atoms. The summed E-state index contributed by atoms with van der Waals surface area (Å²) in [5.74, 6) is 0.0527. The molecule has 6 heteroatoms. The topological polar surface area (TPSA) is 50.6 Å². The molecule has 2 heterocycles. The third kappa shape index (κ3) is 4.46. The van der Waals surface area contributed by atoms with Gasteiger partial charge in [-0.3, -0.25) is 14.4 Å². The quantitative estimate of drug-likeness (QED) is 0.832. The van der Waals surface area contributed by atoms with Crippen molar-refractivity contribution < 1.29 is 9.53 Å². The summed E-state index contributed by atoms with van der Waals surface area (Å²) >= 11 is 0. The van der Waals surface area contributed by atoms with Gasteiger partial charge in [-0.15, -0.1) is 0 Å². The predicted molar refractivity (Wildman–Crippen MR) is 95.9 cm³/mol. The van der Waals surface area contributed by atoms with Crippen molar-refractivity contribution in [2.45, 2.75) is 19.1 Å². The second kappa shape index (κ2) is 8.27. The molecule has 1 aliphatic rings. The number of nitrogens with zero attached hydrogens (tertiary/aromatic N) is 4. The Morgan fingerprint density at radius 2 is 2.00 bits per heavy atom. The molecular formula is C19H26N4O2. The van der Waals surface area contributed by atoms with Gasteiger partial charge in [0.15, 0.2) is 6.10 Å². The van der Waals surface area contributed by atoms with Crippen molar-refractivity contribution in [3.8, 4) is 0 Å². The molecule has 0 saturated carbocycles. The van der Waals surface area contributed by atoms with E-state index < -0.39 is 6.10 Å². The zero-order chi connectivity index (χ0) is 17.6. The van der Waals surface area contributed by atoms with Crippen molar-refractivity contribution in [1.82, 2.24) is 19.6 Å². The Labute approximate surface area is 149 Å². The zero-order valence-electron chi connectivity index (χ0n) is 15.0. The summed E-state index contributed by atoms with van der Waals surface area (Å²) in [6, 6.07) is 9.71. The second-order valence-corrected chi connectivity index (χ2v) is 6.50. The van der Waals surface area contributed by atoms with Crippen molar-refractivity contribution in [1.29, 1.82) is 0 Å². The van der Waals surface area contributed by atoms with Crippen LogP contribution in [0.2, 0.25) is 0 Å². The number of hydrogen-bond donors (Lipinski definition) is 0. The highest BCUT2D eigenvalue weighted by atomic mass is 16.5. The second-order valence-electron chi connectivity index (χ2n) is 6.50. The monoisotopic (exact) mass is 342 g/mol. The van der Waals surface area contributed by atoms with E-state index in [2.05, 4.69) is 10.00 Å². The Hall–Kier alpha value is -2.18. The van der Waals surface area contributed by atoms with Gasteiger partial charge in [0.1, 0.15) is 0 Å². The molecule has 1 unspecified atom stereocenters. The van der Waals surface area contributed by atoms with Crippen LogP contribution in [0.3, 0.4) is 0 Å². The summed E-state index contributed by atoms with van der Waals surface area (Å²) in [7, 11) is 3.53. The van der Waals surface area contributed by atoms with Crippen LogP contribution in [0.25, 0.3) is 0 Å². The van der Waals surface area contributed by atoms with E-state index in [1.165, 1.54) is 5.56 Å². The molecule has 0 spiro atoms. The number of ether oxygens (including phenoxy) is 1. The zero-order valence-corrected chi connectivity index (χ0v) is 15.0. The molecule has 1 aromatic heterocycles. The van der Waals surface area contributed by atoms with E-state index in [0.717, 1.165) is 44.7 Å². The summed E-state index contributed by atoms with van der Waals surface area (Å²) < 4.78 is 7.33. The highest BCUT2D eigenvalue weighted by Gasteiger charge is 2.27. The minimum Gasteiger partial charge on any atom is -0.367 e. The maximum Gasteiger partial charge on any atom is 0.256 e. The van der Waals surface area contributed by atoms with Crippen molar-refractivity contribution in [2.75, 3.05) is 33.3 Å². The maximum atomic E-state index is 12.9. The lowest BCUT2D eigenvalue weighted by atomic mass is 10.1. The SMILES string of the molecule is COC(C(=O)N1CCCN(Cc2cnn(C)c2)CC1)c1ccccc1. The number of methoxy groups -OCH3 is 1.